The number of nitrogens with zero attached hydrogens (tertiary/aromatic N) is 2. The molecule has 0 atom stereocenters. The molecule has 124 valence electrons. The minimum Gasteiger partial charge on any atom is -0.343 e. The fourth-order valence-corrected chi connectivity index (χ4v) is 4.23. The van der Waals surface area contributed by atoms with Crippen LogP contribution >= 0.6 is 0 Å². The Labute approximate surface area is 136 Å². The van der Waals surface area contributed by atoms with Gasteiger partial charge in [0.1, 0.15) is 5.84 Å². The second-order valence-corrected chi connectivity index (χ2v) is 7.53. The number of rotatable bonds is 4. The lowest BCUT2D eigenvalue weighted by molar-refractivity contribution is -0.130. The van der Waals surface area contributed by atoms with E-state index < -0.39 is 10.0 Å². The monoisotopic (exact) mass is 335 g/mol. The summed E-state index contributed by atoms with van der Waals surface area (Å²) < 4.78 is 26.5. The van der Waals surface area contributed by atoms with Crippen molar-refractivity contribution in [1.82, 2.24) is 9.62 Å². The van der Waals surface area contributed by atoms with Crippen LogP contribution in [0.4, 0.5) is 0 Å². The zero-order chi connectivity index (χ0) is 16.3. The molecule has 2 aliphatic heterocycles. The van der Waals surface area contributed by atoms with Gasteiger partial charge in [-0.3, -0.25) is 14.5 Å². The number of amides is 1. The van der Waals surface area contributed by atoms with Crippen molar-refractivity contribution < 1.29 is 13.2 Å². The molecule has 0 unspecified atom stereocenters. The average molecular weight is 335 g/mol. The average Bonchev–Trinajstić information content (AvgIpc) is 2.67. The first kappa shape index (κ1) is 16.0. The van der Waals surface area contributed by atoms with Gasteiger partial charge in [-0.15, -0.1) is 0 Å². The number of carbonyl (C=O) groups excluding carboxylic acids is 1. The van der Waals surface area contributed by atoms with Crippen LogP contribution in [-0.4, -0.2) is 44.7 Å². The van der Waals surface area contributed by atoms with Crippen molar-refractivity contribution in [3.63, 3.8) is 0 Å². The molecule has 0 aromatic heterocycles. The van der Waals surface area contributed by atoms with Gasteiger partial charge in [0, 0.05) is 31.6 Å². The van der Waals surface area contributed by atoms with Crippen LogP contribution in [0.5, 0.6) is 0 Å². The molecule has 2 aliphatic rings. The van der Waals surface area contributed by atoms with Gasteiger partial charge in [-0.05, 0) is 31.4 Å². The molecular weight excluding hydrogens is 314 g/mol. The summed E-state index contributed by atoms with van der Waals surface area (Å²) in [6.07, 6.45) is 4.54. The van der Waals surface area contributed by atoms with Crippen molar-refractivity contribution in [3.05, 3.63) is 29.8 Å². The Morgan fingerprint density at radius 3 is 2.87 bits per heavy atom. The minimum atomic E-state index is -3.47. The predicted octanol–water partition coefficient (Wildman–Crippen LogP) is 1.52. The fourth-order valence-electron chi connectivity index (χ4n) is 2.98. The van der Waals surface area contributed by atoms with Gasteiger partial charge in [-0.25, -0.2) is 8.42 Å². The number of carbonyl (C=O) groups is 1. The molecule has 2 heterocycles. The van der Waals surface area contributed by atoms with Crippen molar-refractivity contribution >= 4 is 21.8 Å². The number of fused-ring (bicyclic) bond motifs is 1. The third kappa shape index (κ3) is 3.55. The van der Waals surface area contributed by atoms with Crippen LogP contribution in [0.3, 0.4) is 0 Å². The number of likely N-dealkylation sites (tertiary alicyclic amines) is 1. The normalized spacial score (nSPS) is 21.8. The summed E-state index contributed by atoms with van der Waals surface area (Å²) in [7, 11) is -3.47. The van der Waals surface area contributed by atoms with Crippen molar-refractivity contribution in [2.75, 3.05) is 19.6 Å². The first-order valence-electron chi connectivity index (χ1n) is 8.02. The molecule has 0 aliphatic carbocycles. The molecule has 0 bridgehead atoms. The zero-order valence-electron chi connectivity index (χ0n) is 13.0. The molecule has 0 saturated carbocycles. The van der Waals surface area contributed by atoms with Gasteiger partial charge < -0.3 is 4.90 Å². The van der Waals surface area contributed by atoms with Crippen molar-refractivity contribution in [2.45, 2.75) is 37.0 Å². The maximum Gasteiger partial charge on any atom is 0.263 e. The zero-order valence-corrected chi connectivity index (χ0v) is 13.8. The maximum atomic E-state index is 12.0. The third-order valence-corrected chi connectivity index (χ3v) is 5.59. The van der Waals surface area contributed by atoms with E-state index in [0.29, 0.717) is 30.9 Å². The van der Waals surface area contributed by atoms with Crippen LogP contribution in [-0.2, 0) is 14.8 Å². The molecule has 0 radical (unpaired) electrons. The second-order valence-electron chi connectivity index (χ2n) is 5.88. The van der Waals surface area contributed by atoms with Crippen LogP contribution < -0.4 is 4.72 Å². The SMILES string of the molecule is O=C1CCCCCN1CCCN=C1NS(=O)(=O)c2ccccc21. The first-order chi connectivity index (χ1) is 11.1. The van der Waals surface area contributed by atoms with Gasteiger partial charge in [-0.1, -0.05) is 18.6 Å². The van der Waals surface area contributed by atoms with Gasteiger partial charge in [0.05, 0.1) is 4.90 Å². The van der Waals surface area contributed by atoms with E-state index in [1.54, 1.807) is 24.3 Å². The molecule has 23 heavy (non-hydrogen) atoms. The highest BCUT2D eigenvalue weighted by Gasteiger charge is 2.29. The first-order valence-corrected chi connectivity index (χ1v) is 9.51. The Balaban J connectivity index is 1.60. The number of sulfonamides is 1. The summed E-state index contributed by atoms with van der Waals surface area (Å²) in [5.41, 5.74) is 0.623. The summed E-state index contributed by atoms with van der Waals surface area (Å²) in [4.78, 5) is 18.5. The Kier molecular flexibility index (Phi) is 4.66. The van der Waals surface area contributed by atoms with Gasteiger partial charge in [0.2, 0.25) is 5.91 Å². The predicted molar refractivity (Wildman–Crippen MR) is 87.8 cm³/mol. The number of aliphatic imine (C=N–C) groups is 1. The van der Waals surface area contributed by atoms with E-state index in [2.05, 4.69) is 9.71 Å². The Morgan fingerprint density at radius 2 is 2.00 bits per heavy atom. The van der Waals surface area contributed by atoms with Crippen LogP contribution in [0.15, 0.2) is 34.2 Å². The highest BCUT2D eigenvalue weighted by atomic mass is 32.2. The topological polar surface area (TPSA) is 78.8 Å². The summed E-state index contributed by atoms with van der Waals surface area (Å²) in [5, 5.41) is 0. The highest BCUT2D eigenvalue weighted by Crippen LogP contribution is 2.22. The quantitative estimate of drug-likeness (QED) is 0.847. The Morgan fingerprint density at radius 1 is 1.17 bits per heavy atom. The van der Waals surface area contributed by atoms with Crippen LogP contribution in [0, 0.1) is 0 Å². The molecule has 6 nitrogen and oxygen atoms in total. The number of amidine groups is 1. The standard InChI is InChI=1S/C16H21N3O3S/c20-15-9-2-1-5-11-19(15)12-6-10-17-16-13-7-3-4-8-14(13)23(21,22)18-16/h3-4,7-8H,1-2,5-6,9-12H2,(H,17,18). The molecule has 1 N–H and O–H groups in total. The summed E-state index contributed by atoms with van der Waals surface area (Å²) >= 11 is 0. The molecule has 3 rings (SSSR count). The Hall–Kier alpha value is -1.89. The molecule has 7 heteroatoms. The van der Waals surface area contributed by atoms with Crippen molar-refractivity contribution in [3.8, 4) is 0 Å². The van der Waals surface area contributed by atoms with E-state index in [4.69, 9.17) is 0 Å². The summed E-state index contributed by atoms with van der Waals surface area (Å²) in [6.45, 7) is 2.00. The fraction of sp³-hybridized carbons (Fsp3) is 0.500. The minimum absolute atomic E-state index is 0.224. The third-order valence-electron chi connectivity index (χ3n) is 4.19. The summed E-state index contributed by atoms with van der Waals surface area (Å²) in [5.74, 6) is 0.630. The van der Waals surface area contributed by atoms with Crippen LogP contribution in [0.25, 0.3) is 0 Å². The molecule has 1 fully saturated rings. The second kappa shape index (κ2) is 6.70. The highest BCUT2D eigenvalue weighted by molar-refractivity contribution is 7.90. The van der Waals surface area contributed by atoms with E-state index in [1.807, 2.05) is 4.90 Å². The maximum absolute atomic E-state index is 12.0. The van der Waals surface area contributed by atoms with Crippen LogP contribution in [0.2, 0.25) is 0 Å². The molecule has 1 amide bonds. The number of hydrogen-bond donors (Lipinski definition) is 1. The largest absolute Gasteiger partial charge is 0.343 e. The molecule has 1 aromatic rings. The van der Waals surface area contributed by atoms with Crippen LogP contribution in [0.1, 0.15) is 37.7 Å². The van der Waals surface area contributed by atoms with E-state index in [-0.39, 0.29) is 10.8 Å². The number of hydrogen-bond acceptors (Lipinski definition) is 4. The van der Waals surface area contributed by atoms with Crippen molar-refractivity contribution in [2.24, 2.45) is 4.99 Å². The molecule has 1 saturated heterocycles. The smallest absolute Gasteiger partial charge is 0.263 e. The number of nitrogens with one attached hydrogen (secondary N) is 1. The van der Waals surface area contributed by atoms with Gasteiger partial charge in [0.15, 0.2) is 0 Å². The molecule has 1 aromatic carbocycles. The van der Waals surface area contributed by atoms with E-state index in [0.717, 1.165) is 32.2 Å². The van der Waals surface area contributed by atoms with E-state index in [9.17, 15) is 13.2 Å². The lowest BCUT2D eigenvalue weighted by atomic mass is 10.2. The van der Waals surface area contributed by atoms with E-state index >= 15 is 0 Å². The lowest BCUT2D eigenvalue weighted by Gasteiger charge is -2.19. The van der Waals surface area contributed by atoms with Gasteiger partial charge in [-0.2, -0.15) is 0 Å². The molecule has 0 spiro atoms. The summed E-state index contributed by atoms with van der Waals surface area (Å²) in [6, 6.07) is 6.83. The van der Waals surface area contributed by atoms with Gasteiger partial charge in [0.25, 0.3) is 10.0 Å². The van der Waals surface area contributed by atoms with Crippen molar-refractivity contribution in [1.29, 1.82) is 0 Å². The van der Waals surface area contributed by atoms with Gasteiger partial charge >= 0.3 is 0 Å². The van der Waals surface area contributed by atoms with E-state index in [1.165, 1.54) is 0 Å². The molecular formula is C16H21N3O3S. The Bertz CT molecular complexity index is 728. The number of benzene rings is 1. The lowest BCUT2D eigenvalue weighted by Crippen LogP contribution is -2.31.